The summed E-state index contributed by atoms with van der Waals surface area (Å²) in [5.41, 5.74) is 0.713. The highest BCUT2D eigenvalue weighted by atomic mass is 19.1. The van der Waals surface area contributed by atoms with Crippen LogP contribution in [-0.4, -0.2) is 31.7 Å². The summed E-state index contributed by atoms with van der Waals surface area (Å²) in [6.45, 7) is 5.55. The predicted octanol–water partition coefficient (Wildman–Crippen LogP) is 4.62. The number of carbonyl (C=O) groups is 2. The molecule has 0 spiro atoms. The van der Waals surface area contributed by atoms with Gasteiger partial charge in [0, 0.05) is 12.1 Å². The molecule has 150 valence electrons. The number of aldehydes is 1. The van der Waals surface area contributed by atoms with E-state index in [1.165, 1.54) is 19.2 Å². The quantitative estimate of drug-likeness (QED) is 0.700. The molecule has 0 atom stereocenters. The van der Waals surface area contributed by atoms with Gasteiger partial charge in [-0.25, -0.2) is 9.18 Å². The minimum atomic E-state index is -0.755. The van der Waals surface area contributed by atoms with E-state index in [9.17, 15) is 14.0 Å². The third kappa shape index (κ3) is 5.97. The number of carbonyl (C=O) groups excluding carboxylic acids is 2. The number of nitrogens with one attached hydrogen (secondary N) is 1. The first-order valence-corrected chi connectivity index (χ1v) is 8.77. The maximum Gasteiger partial charge on any atom is 0.412 e. The lowest BCUT2D eigenvalue weighted by atomic mass is 10.1. The van der Waals surface area contributed by atoms with Crippen molar-refractivity contribution in [2.45, 2.75) is 32.8 Å². The van der Waals surface area contributed by atoms with Gasteiger partial charge in [0.15, 0.2) is 17.9 Å². The van der Waals surface area contributed by atoms with Gasteiger partial charge < -0.3 is 14.2 Å². The second-order valence-electron chi connectivity index (χ2n) is 7.04. The Hall–Kier alpha value is -3.09. The topological polar surface area (TPSA) is 73.9 Å². The summed E-state index contributed by atoms with van der Waals surface area (Å²) in [6, 6.07) is 10.1. The van der Waals surface area contributed by atoms with E-state index in [2.05, 4.69) is 5.32 Å². The second-order valence-corrected chi connectivity index (χ2v) is 7.04. The second kappa shape index (κ2) is 9.21. The molecule has 6 nitrogen and oxygen atoms in total. The normalized spacial score (nSPS) is 10.9. The van der Waals surface area contributed by atoms with Crippen LogP contribution in [0.15, 0.2) is 36.4 Å². The molecule has 0 aromatic heterocycles. The van der Waals surface area contributed by atoms with Gasteiger partial charge in [-0.05, 0) is 50.6 Å². The van der Waals surface area contributed by atoms with Crippen molar-refractivity contribution in [2.75, 3.05) is 19.0 Å². The van der Waals surface area contributed by atoms with Crippen LogP contribution in [-0.2, 0) is 11.2 Å². The van der Waals surface area contributed by atoms with Crippen molar-refractivity contribution < 1.29 is 28.2 Å². The Kier molecular flexibility index (Phi) is 6.98. The number of rotatable bonds is 7. The summed E-state index contributed by atoms with van der Waals surface area (Å²) >= 11 is 0. The number of ether oxygens (including phenoxy) is 3. The van der Waals surface area contributed by atoms with Crippen LogP contribution < -0.4 is 14.8 Å². The molecule has 0 saturated carbocycles. The van der Waals surface area contributed by atoms with Gasteiger partial charge in [0.05, 0.1) is 19.3 Å². The summed E-state index contributed by atoms with van der Waals surface area (Å²) in [7, 11) is 1.36. The van der Waals surface area contributed by atoms with Crippen LogP contribution in [0, 0.1) is 5.82 Å². The predicted molar refractivity (Wildman–Crippen MR) is 104 cm³/mol. The van der Waals surface area contributed by atoms with Crippen molar-refractivity contribution in [3.05, 3.63) is 53.3 Å². The number of amides is 1. The molecule has 28 heavy (non-hydrogen) atoms. The van der Waals surface area contributed by atoms with E-state index in [4.69, 9.17) is 14.2 Å². The highest BCUT2D eigenvalue weighted by Crippen LogP contribution is 2.27. The van der Waals surface area contributed by atoms with Crippen molar-refractivity contribution in [3.63, 3.8) is 0 Å². The first-order chi connectivity index (χ1) is 13.2. The fourth-order valence-corrected chi connectivity index (χ4v) is 2.46. The molecule has 0 aliphatic heterocycles. The number of anilines is 1. The van der Waals surface area contributed by atoms with Crippen LogP contribution in [0.3, 0.4) is 0 Å². The van der Waals surface area contributed by atoms with Gasteiger partial charge in [-0.3, -0.25) is 10.1 Å². The Balaban J connectivity index is 1.97. The van der Waals surface area contributed by atoms with E-state index in [0.717, 1.165) is 5.56 Å². The van der Waals surface area contributed by atoms with Crippen LogP contribution in [0.2, 0.25) is 0 Å². The zero-order valence-corrected chi connectivity index (χ0v) is 16.4. The van der Waals surface area contributed by atoms with Gasteiger partial charge in [0.2, 0.25) is 0 Å². The van der Waals surface area contributed by atoms with Gasteiger partial charge in [-0.15, -0.1) is 0 Å². The van der Waals surface area contributed by atoms with Crippen molar-refractivity contribution in [2.24, 2.45) is 0 Å². The molecular formula is C21H24FNO5. The van der Waals surface area contributed by atoms with E-state index < -0.39 is 17.5 Å². The van der Waals surface area contributed by atoms with Crippen LogP contribution in [0.25, 0.3) is 0 Å². The smallest absolute Gasteiger partial charge is 0.412 e. The summed E-state index contributed by atoms with van der Waals surface area (Å²) in [6.07, 6.45) is 0.334. The molecule has 1 amide bonds. The zero-order chi connectivity index (χ0) is 20.7. The highest BCUT2D eigenvalue weighted by Gasteiger charge is 2.16. The Morgan fingerprint density at radius 2 is 1.89 bits per heavy atom. The molecule has 0 fully saturated rings. The molecule has 1 N–H and O–H groups in total. The van der Waals surface area contributed by atoms with Crippen LogP contribution in [0.1, 0.15) is 36.7 Å². The van der Waals surface area contributed by atoms with Gasteiger partial charge in [0.25, 0.3) is 0 Å². The standard InChI is InChI=1S/C21H24FNO5/c1-21(2,3)28-20(25)23-15-7-5-6-14(12-15)10-11-27-18-9-8-17(26-4)16(13-24)19(18)22/h5-9,12-13H,10-11H2,1-4H3,(H,23,25). The van der Waals surface area contributed by atoms with Crippen molar-refractivity contribution in [1.82, 2.24) is 0 Å². The highest BCUT2D eigenvalue weighted by molar-refractivity contribution is 5.85. The Morgan fingerprint density at radius 3 is 2.54 bits per heavy atom. The van der Waals surface area contributed by atoms with E-state index in [-0.39, 0.29) is 23.7 Å². The first-order valence-electron chi connectivity index (χ1n) is 8.77. The largest absolute Gasteiger partial charge is 0.496 e. The summed E-state index contributed by atoms with van der Waals surface area (Å²) in [5, 5.41) is 2.67. The number of methoxy groups -OCH3 is 1. The molecule has 0 bridgehead atoms. The molecular weight excluding hydrogens is 365 g/mol. The van der Waals surface area contributed by atoms with Crippen LogP contribution >= 0.6 is 0 Å². The molecule has 7 heteroatoms. The monoisotopic (exact) mass is 389 g/mol. The Bertz CT molecular complexity index is 845. The number of benzene rings is 2. The van der Waals surface area contributed by atoms with Gasteiger partial charge in [-0.2, -0.15) is 0 Å². The minimum Gasteiger partial charge on any atom is -0.496 e. The number of hydrogen-bond acceptors (Lipinski definition) is 5. The first kappa shape index (κ1) is 21.2. The summed E-state index contributed by atoms with van der Waals surface area (Å²) < 4.78 is 29.9. The fourth-order valence-electron chi connectivity index (χ4n) is 2.46. The van der Waals surface area contributed by atoms with E-state index in [1.54, 1.807) is 39.0 Å². The number of hydrogen-bond donors (Lipinski definition) is 1. The van der Waals surface area contributed by atoms with E-state index in [0.29, 0.717) is 18.4 Å². The lowest BCUT2D eigenvalue weighted by molar-refractivity contribution is 0.0636. The van der Waals surface area contributed by atoms with Crippen molar-refractivity contribution in [1.29, 1.82) is 0 Å². The maximum absolute atomic E-state index is 14.3. The molecule has 0 radical (unpaired) electrons. The van der Waals surface area contributed by atoms with Crippen molar-refractivity contribution in [3.8, 4) is 11.5 Å². The lowest BCUT2D eigenvalue weighted by Crippen LogP contribution is -2.27. The molecule has 2 rings (SSSR count). The third-order valence-electron chi connectivity index (χ3n) is 3.66. The molecule has 2 aromatic rings. The lowest BCUT2D eigenvalue weighted by Gasteiger charge is -2.19. The van der Waals surface area contributed by atoms with Crippen molar-refractivity contribution >= 4 is 18.1 Å². The molecule has 0 aliphatic carbocycles. The average Bonchev–Trinajstić information content (AvgIpc) is 2.61. The third-order valence-corrected chi connectivity index (χ3v) is 3.66. The molecule has 0 saturated heterocycles. The molecule has 0 aliphatic rings. The van der Waals surface area contributed by atoms with E-state index >= 15 is 0 Å². The van der Waals surface area contributed by atoms with Crippen LogP contribution in [0.5, 0.6) is 11.5 Å². The molecule has 2 aromatic carbocycles. The Morgan fingerprint density at radius 1 is 1.18 bits per heavy atom. The molecule has 0 unspecified atom stereocenters. The van der Waals surface area contributed by atoms with Gasteiger partial charge in [0.1, 0.15) is 11.4 Å². The van der Waals surface area contributed by atoms with Gasteiger partial charge >= 0.3 is 6.09 Å². The molecule has 0 heterocycles. The summed E-state index contributed by atoms with van der Waals surface area (Å²) in [5.74, 6) is -0.624. The average molecular weight is 389 g/mol. The Labute approximate surface area is 163 Å². The summed E-state index contributed by atoms with van der Waals surface area (Å²) in [4.78, 5) is 22.9. The number of halogens is 1. The maximum atomic E-state index is 14.3. The van der Waals surface area contributed by atoms with Gasteiger partial charge in [-0.1, -0.05) is 12.1 Å². The minimum absolute atomic E-state index is 0.0223. The van der Waals surface area contributed by atoms with Crippen LogP contribution in [0.4, 0.5) is 14.9 Å². The zero-order valence-electron chi connectivity index (χ0n) is 16.4. The van der Waals surface area contributed by atoms with E-state index in [1.807, 2.05) is 6.07 Å². The fraction of sp³-hybridized carbons (Fsp3) is 0.333. The SMILES string of the molecule is COc1ccc(OCCc2cccc(NC(=O)OC(C)(C)C)c2)c(F)c1C=O.